The quantitative estimate of drug-likeness (QED) is 0.809. The zero-order chi connectivity index (χ0) is 20.4. The van der Waals surface area contributed by atoms with Crippen molar-refractivity contribution in [3.8, 4) is 0 Å². The summed E-state index contributed by atoms with van der Waals surface area (Å²) in [5.41, 5.74) is 2.00. The van der Waals surface area contributed by atoms with Crippen molar-refractivity contribution in [2.45, 2.75) is 50.2 Å². The van der Waals surface area contributed by atoms with Crippen molar-refractivity contribution in [1.82, 2.24) is 10.3 Å². The molecule has 4 rings (SSSR count). The first-order valence-corrected chi connectivity index (χ1v) is 10.0. The van der Waals surface area contributed by atoms with Gasteiger partial charge in [-0.25, -0.2) is 0 Å². The predicted molar refractivity (Wildman–Crippen MR) is 105 cm³/mol. The van der Waals surface area contributed by atoms with Gasteiger partial charge in [-0.1, -0.05) is 24.3 Å². The van der Waals surface area contributed by atoms with Gasteiger partial charge in [0.1, 0.15) is 0 Å². The average Bonchev–Trinajstić information content (AvgIpc) is 3.53. The molecule has 1 N–H and O–H groups in total. The number of carbonyl (C=O) groups is 1. The smallest absolute Gasteiger partial charge is 0.368 e. The minimum Gasteiger partial charge on any atom is -0.368 e. The maximum atomic E-state index is 12.9. The lowest BCUT2D eigenvalue weighted by Gasteiger charge is -2.34. The van der Waals surface area contributed by atoms with Crippen molar-refractivity contribution in [2.75, 3.05) is 18.0 Å². The highest BCUT2D eigenvalue weighted by molar-refractivity contribution is 5.79. The number of amides is 1. The third-order valence-electron chi connectivity index (χ3n) is 5.60. The highest BCUT2D eigenvalue weighted by Crippen LogP contribution is 2.39. The highest BCUT2D eigenvalue weighted by atomic mass is 19.4. The Morgan fingerprint density at radius 2 is 1.90 bits per heavy atom. The van der Waals surface area contributed by atoms with Gasteiger partial charge in [0.05, 0.1) is 23.9 Å². The molecule has 1 saturated carbocycles. The van der Waals surface area contributed by atoms with Crippen LogP contribution in [0.1, 0.15) is 48.3 Å². The van der Waals surface area contributed by atoms with Crippen LogP contribution >= 0.6 is 0 Å². The van der Waals surface area contributed by atoms with E-state index in [1.165, 1.54) is 24.6 Å². The molecule has 1 aliphatic carbocycles. The number of pyridine rings is 1. The topological polar surface area (TPSA) is 45.2 Å². The van der Waals surface area contributed by atoms with Crippen molar-refractivity contribution in [3.63, 3.8) is 0 Å². The molecule has 1 atom stereocenters. The molecule has 1 saturated heterocycles. The molecule has 7 heteroatoms. The molecule has 154 valence electrons. The van der Waals surface area contributed by atoms with Crippen molar-refractivity contribution >= 4 is 11.6 Å². The number of aromatic nitrogens is 1. The van der Waals surface area contributed by atoms with Crippen molar-refractivity contribution < 1.29 is 18.0 Å². The third-order valence-corrected chi connectivity index (χ3v) is 5.60. The van der Waals surface area contributed by atoms with Crippen LogP contribution in [0.3, 0.4) is 0 Å². The number of nitrogens with zero attached hydrogens (tertiary/aromatic N) is 2. The number of anilines is 1. The fraction of sp³-hybridized carbons (Fsp3) is 0.455. The summed E-state index contributed by atoms with van der Waals surface area (Å²) in [6.07, 6.45) is 2.29. The Morgan fingerprint density at radius 3 is 2.59 bits per heavy atom. The molecule has 2 aliphatic rings. The molecule has 1 aromatic carbocycles. The predicted octanol–water partition coefficient (Wildman–Crippen LogP) is 4.31. The number of benzene rings is 1. The largest absolute Gasteiger partial charge is 0.417 e. The number of alkyl halides is 3. The second-order valence-electron chi connectivity index (χ2n) is 7.97. The summed E-state index contributed by atoms with van der Waals surface area (Å²) in [7, 11) is 0. The molecule has 2 heterocycles. The van der Waals surface area contributed by atoms with Gasteiger partial charge in [0.2, 0.25) is 5.91 Å². The first-order valence-electron chi connectivity index (χ1n) is 10.0. The van der Waals surface area contributed by atoms with Crippen LogP contribution in [-0.2, 0) is 17.4 Å². The Labute approximate surface area is 168 Å². The Kier molecular flexibility index (Phi) is 5.48. The van der Waals surface area contributed by atoms with Gasteiger partial charge in [-0.2, -0.15) is 13.2 Å². The normalized spacial score (nSPS) is 19.8. The van der Waals surface area contributed by atoms with Gasteiger partial charge in [-0.15, -0.1) is 0 Å². The molecule has 0 spiro atoms. The second-order valence-corrected chi connectivity index (χ2v) is 7.97. The number of halogens is 3. The van der Waals surface area contributed by atoms with Crippen LogP contribution < -0.4 is 10.2 Å². The van der Waals surface area contributed by atoms with Gasteiger partial charge in [-0.3, -0.25) is 9.78 Å². The van der Waals surface area contributed by atoms with Crippen LogP contribution in [0, 0.1) is 0 Å². The van der Waals surface area contributed by atoms with E-state index in [-0.39, 0.29) is 11.9 Å². The van der Waals surface area contributed by atoms with Crippen LogP contribution in [0.5, 0.6) is 0 Å². The molecule has 29 heavy (non-hydrogen) atoms. The Morgan fingerprint density at radius 1 is 1.14 bits per heavy atom. The van der Waals surface area contributed by atoms with Gasteiger partial charge in [0, 0.05) is 25.3 Å². The number of piperidine rings is 1. The lowest BCUT2D eigenvalue weighted by molar-refractivity contribution is -0.137. The molecule has 1 aliphatic heterocycles. The van der Waals surface area contributed by atoms with Crippen molar-refractivity contribution in [2.24, 2.45) is 0 Å². The van der Waals surface area contributed by atoms with Crippen molar-refractivity contribution in [1.29, 1.82) is 0 Å². The first-order chi connectivity index (χ1) is 13.9. The molecule has 0 unspecified atom stereocenters. The Balaban J connectivity index is 1.34. The summed E-state index contributed by atoms with van der Waals surface area (Å²) in [5, 5.41) is 3.04. The summed E-state index contributed by atoms with van der Waals surface area (Å²) >= 11 is 0. The molecular formula is C22H24F3N3O. The minimum absolute atomic E-state index is 0.0572. The zero-order valence-electron chi connectivity index (χ0n) is 16.1. The van der Waals surface area contributed by atoms with E-state index in [9.17, 15) is 18.0 Å². The van der Waals surface area contributed by atoms with Crippen LogP contribution in [0.15, 0.2) is 42.7 Å². The lowest BCUT2D eigenvalue weighted by atomic mass is 10.0. The minimum atomic E-state index is -4.42. The number of hydrogen-bond acceptors (Lipinski definition) is 3. The number of nitrogens with one attached hydrogen (secondary N) is 1. The second kappa shape index (κ2) is 8.05. The van der Waals surface area contributed by atoms with Crippen LogP contribution in [0.4, 0.5) is 18.9 Å². The van der Waals surface area contributed by atoms with Gasteiger partial charge in [0.25, 0.3) is 0 Å². The van der Waals surface area contributed by atoms with E-state index in [0.29, 0.717) is 31.1 Å². The summed E-state index contributed by atoms with van der Waals surface area (Å²) in [5.74, 6) is 0.634. The summed E-state index contributed by atoms with van der Waals surface area (Å²) in [4.78, 5) is 18.1. The maximum absolute atomic E-state index is 12.9. The van der Waals surface area contributed by atoms with Crippen LogP contribution in [-0.4, -0.2) is 30.0 Å². The van der Waals surface area contributed by atoms with E-state index in [0.717, 1.165) is 30.7 Å². The maximum Gasteiger partial charge on any atom is 0.417 e. The third kappa shape index (κ3) is 5.08. The van der Waals surface area contributed by atoms with E-state index < -0.39 is 11.7 Å². The fourth-order valence-electron chi connectivity index (χ4n) is 3.87. The molecule has 4 nitrogen and oxygen atoms in total. The fourth-order valence-corrected chi connectivity index (χ4v) is 3.87. The van der Waals surface area contributed by atoms with E-state index in [1.807, 2.05) is 17.0 Å². The molecule has 1 aromatic heterocycles. The number of rotatable bonds is 5. The molecule has 0 radical (unpaired) electrons. The SMILES string of the molecule is O=C(Cc1ccc(C2CC2)cc1)N[C@@H]1CCCN(c2cncc(C(F)(F)F)c2)C1. The van der Waals surface area contributed by atoms with Gasteiger partial charge >= 0.3 is 6.18 Å². The first kappa shape index (κ1) is 19.7. The molecular weight excluding hydrogens is 379 g/mol. The van der Waals surface area contributed by atoms with Crippen LogP contribution in [0.25, 0.3) is 0 Å². The highest BCUT2D eigenvalue weighted by Gasteiger charge is 2.32. The van der Waals surface area contributed by atoms with E-state index in [1.54, 1.807) is 0 Å². The molecule has 1 amide bonds. The standard InChI is InChI=1S/C22H24F3N3O/c23-22(24,25)18-11-20(13-26-12-18)28-9-1-2-19(14-28)27-21(29)10-15-3-5-16(6-4-15)17-7-8-17/h3-6,11-13,17,19H,1-2,7-10,14H2,(H,27,29)/t19-/m1/s1. The lowest BCUT2D eigenvalue weighted by Crippen LogP contribution is -2.48. The van der Waals surface area contributed by atoms with E-state index in [2.05, 4.69) is 22.4 Å². The van der Waals surface area contributed by atoms with E-state index in [4.69, 9.17) is 0 Å². The average molecular weight is 403 g/mol. The van der Waals surface area contributed by atoms with E-state index >= 15 is 0 Å². The summed E-state index contributed by atoms with van der Waals surface area (Å²) in [6, 6.07) is 9.26. The number of hydrogen-bond donors (Lipinski definition) is 1. The molecule has 0 bridgehead atoms. The summed E-state index contributed by atoms with van der Waals surface area (Å²) < 4.78 is 38.8. The monoisotopic (exact) mass is 403 g/mol. The Hall–Kier alpha value is -2.57. The number of carbonyl (C=O) groups excluding carboxylic acids is 1. The van der Waals surface area contributed by atoms with Gasteiger partial charge in [0.15, 0.2) is 0 Å². The van der Waals surface area contributed by atoms with Crippen molar-refractivity contribution in [3.05, 3.63) is 59.4 Å². The Bertz CT molecular complexity index is 862. The van der Waals surface area contributed by atoms with Gasteiger partial charge < -0.3 is 10.2 Å². The molecule has 2 aromatic rings. The summed E-state index contributed by atoms with van der Waals surface area (Å²) in [6.45, 7) is 1.13. The van der Waals surface area contributed by atoms with Gasteiger partial charge in [-0.05, 0) is 48.8 Å². The zero-order valence-corrected chi connectivity index (χ0v) is 16.1. The molecule has 2 fully saturated rings. The van der Waals surface area contributed by atoms with Crippen LogP contribution in [0.2, 0.25) is 0 Å².